The molecular weight excluding hydrogens is 228 g/mol. The zero-order chi connectivity index (χ0) is 12.4. The van der Waals surface area contributed by atoms with E-state index in [0.29, 0.717) is 13.0 Å². The van der Waals surface area contributed by atoms with Gasteiger partial charge in [-0.25, -0.2) is 0 Å². The summed E-state index contributed by atoms with van der Waals surface area (Å²) < 4.78 is 10.9. The second-order valence-corrected chi connectivity index (χ2v) is 4.63. The number of aliphatic hydroxyl groups excluding tert-OH is 1. The maximum Gasteiger partial charge on any atom is 0.122 e. The molecule has 1 N–H and O–H groups in total. The highest BCUT2D eigenvalue weighted by Gasteiger charge is 2.28. The molecule has 1 aromatic carbocycles. The summed E-state index contributed by atoms with van der Waals surface area (Å²) in [6.45, 7) is 0.664. The molecule has 2 atom stereocenters. The predicted molar refractivity (Wildman–Crippen MR) is 67.7 cm³/mol. The Hall–Kier alpha value is -1.74. The summed E-state index contributed by atoms with van der Waals surface area (Å²) in [5, 5.41) is 10.4. The van der Waals surface area contributed by atoms with Gasteiger partial charge in [0, 0.05) is 12.3 Å². The van der Waals surface area contributed by atoms with Crippen LogP contribution in [0.25, 0.3) is 0 Å². The SMILES string of the molecule is OC(Cc1ccco1)C1CCOc2ccccc21. The van der Waals surface area contributed by atoms with E-state index in [1.807, 2.05) is 36.4 Å². The van der Waals surface area contributed by atoms with Gasteiger partial charge in [-0.3, -0.25) is 0 Å². The Morgan fingerprint density at radius 1 is 1.22 bits per heavy atom. The maximum absolute atomic E-state index is 10.4. The molecule has 0 amide bonds. The molecule has 1 aromatic heterocycles. The van der Waals surface area contributed by atoms with Crippen LogP contribution >= 0.6 is 0 Å². The highest BCUT2D eigenvalue weighted by molar-refractivity contribution is 5.38. The lowest BCUT2D eigenvalue weighted by molar-refractivity contribution is 0.111. The molecule has 2 unspecified atom stereocenters. The Balaban J connectivity index is 1.80. The first-order valence-corrected chi connectivity index (χ1v) is 6.27. The highest BCUT2D eigenvalue weighted by atomic mass is 16.5. The molecule has 3 nitrogen and oxygen atoms in total. The summed E-state index contributed by atoms with van der Waals surface area (Å²) in [5.74, 6) is 1.85. The number of furan rings is 1. The molecule has 1 aliphatic rings. The number of fused-ring (bicyclic) bond motifs is 1. The molecule has 0 saturated carbocycles. The normalized spacial score (nSPS) is 19.9. The number of hydrogen-bond donors (Lipinski definition) is 1. The van der Waals surface area contributed by atoms with Crippen LogP contribution in [0.1, 0.15) is 23.7 Å². The van der Waals surface area contributed by atoms with Gasteiger partial charge < -0.3 is 14.3 Å². The van der Waals surface area contributed by atoms with Gasteiger partial charge in [-0.2, -0.15) is 0 Å². The number of rotatable bonds is 3. The number of ether oxygens (including phenoxy) is 1. The fraction of sp³-hybridized carbons (Fsp3) is 0.333. The third-order valence-corrected chi connectivity index (χ3v) is 3.46. The molecule has 0 fully saturated rings. The molecule has 2 aromatic rings. The summed E-state index contributed by atoms with van der Waals surface area (Å²) in [7, 11) is 0. The van der Waals surface area contributed by atoms with Crippen molar-refractivity contribution >= 4 is 0 Å². The lowest BCUT2D eigenvalue weighted by Crippen LogP contribution is -2.26. The van der Waals surface area contributed by atoms with Crippen molar-refractivity contribution in [2.24, 2.45) is 0 Å². The minimum absolute atomic E-state index is 0.125. The molecular formula is C15H16O3. The van der Waals surface area contributed by atoms with E-state index in [2.05, 4.69) is 0 Å². The van der Waals surface area contributed by atoms with E-state index in [9.17, 15) is 5.11 Å². The number of aliphatic hydroxyl groups is 1. The molecule has 94 valence electrons. The fourth-order valence-electron chi connectivity index (χ4n) is 2.55. The molecule has 0 saturated heterocycles. The monoisotopic (exact) mass is 244 g/mol. The van der Waals surface area contributed by atoms with Crippen molar-refractivity contribution in [1.82, 2.24) is 0 Å². The van der Waals surface area contributed by atoms with Gasteiger partial charge in [-0.1, -0.05) is 18.2 Å². The van der Waals surface area contributed by atoms with E-state index in [1.165, 1.54) is 0 Å². The van der Waals surface area contributed by atoms with Crippen LogP contribution in [0.5, 0.6) is 5.75 Å². The first-order valence-electron chi connectivity index (χ1n) is 6.27. The van der Waals surface area contributed by atoms with Crippen molar-refractivity contribution in [2.75, 3.05) is 6.61 Å². The van der Waals surface area contributed by atoms with Gasteiger partial charge in [0.15, 0.2) is 0 Å². The average molecular weight is 244 g/mol. The lowest BCUT2D eigenvalue weighted by Gasteiger charge is -2.29. The van der Waals surface area contributed by atoms with Crippen LogP contribution in [-0.2, 0) is 6.42 Å². The molecule has 0 aliphatic carbocycles. The maximum atomic E-state index is 10.4. The van der Waals surface area contributed by atoms with Crippen molar-refractivity contribution in [3.63, 3.8) is 0 Å². The van der Waals surface area contributed by atoms with Crippen LogP contribution < -0.4 is 4.74 Å². The quantitative estimate of drug-likeness (QED) is 0.902. The number of para-hydroxylation sites is 1. The molecule has 0 spiro atoms. The van der Waals surface area contributed by atoms with Gasteiger partial charge in [-0.05, 0) is 30.2 Å². The number of benzene rings is 1. The van der Waals surface area contributed by atoms with Crippen molar-refractivity contribution in [2.45, 2.75) is 24.9 Å². The molecule has 1 aliphatic heterocycles. The van der Waals surface area contributed by atoms with E-state index in [1.54, 1.807) is 6.26 Å². The van der Waals surface area contributed by atoms with E-state index < -0.39 is 6.10 Å². The standard InChI is InChI=1S/C15H16O3/c16-14(10-11-4-3-8-17-11)12-7-9-18-15-6-2-1-5-13(12)15/h1-6,8,12,14,16H,7,9-10H2. The first kappa shape index (κ1) is 11.4. The third kappa shape index (κ3) is 2.14. The Bertz CT molecular complexity index is 504. The van der Waals surface area contributed by atoms with Gasteiger partial charge in [0.1, 0.15) is 11.5 Å². The van der Waals surface area contributed by atoms with Gasteiger partial charge in [0.2, 0.25) is 0 Å². The van der Waals surface area contributed by atoms with Gasteiger partial charge in [0.05, 0.1) is 19.0 Å². The molecule has 0 bridgehead atoms. The third-order valence-electron chi connectivity index (χ3n) is 3.46. The molecule has 3 heteroatoms. The predicted octanol–water partition coefficient (Wildman–Crippen LogP) is 2.75. The molecule has 2 heterocycles. The molecule has 0 radical (unpaired) electrons. The zero-order valence-corrected chi connectivity index (χ0v) is 10.1. The number of hydrogen-bond acceptors (Lipinski definition) is 3. The molecule has 3 rings (SSSR count). The Morgan fingerprint density at radius 3 is 2.94 bits per heavy atom. The molecule has 18 heavy (non-hydrogen) atoms. The van der Waals surface area contributed by atoms with E-state index >= 15 is 0 Å². The summed E-state index contributed by atoms with van der Waals surface area (Å²) in [6, 6.07) is 11.7. The second kappa shape index (κ2) is 4.86. The van der Waals surface area contributed by atoms with Gasteiger partial charge in [-0.15, -0.1) is 0 Å². The van der Waals surface area contributed by atoms with Crippen LogP contribution in [0.2, 0.25) is 0 Å². The van der Waals surface area contributed by atoms with Crippen molar-refractivity contribution in [3.8, 4) is 5.75 Å². The van der Waals surface area contributed by atoms with Crippen LogP contribution in [0.15, 0.2) is 47.1 Å². The van der Waals surface area contributed by atoms with Crippen LogP contribution in [-0.4, -0.2) is 17.8 Å². The largest absolute Gasteiger partial charge is 0.493 e. The van der Waals surface area contributed by atoms with E-state index in [-0.39, 0.29) is 5.92 Å². The Labute approximate surface area is 106 Å². The summed E-state index contributed by atoms with van der Waals surface area (Å²) >= 11 is 0. The Kier molecular flexibility index (Phi) is 3.07. The zero-order valence-electron chi connectivity index (χ0n) is 10.1. The van der Waals surface area contributed by atoms with Crippen molar-refractivity contribution in [3.05, 3.63) is 54.0 Å². The van der Waals surface area contributed by atoms with Crippen molar-refractivity contribution in [1.29, 1.82) is 0 Å². The summed E-state index contributed by atoms with van der Waals surface area (Å²) in [6.07, 6.45) is 2.60. The van der Waals surface area contributed by atoms with E-state index in [0.717, 1.165) is 23.5 Å². The fourth-order valence-corrected chi connectivity index (χ4v) is 2.55. The van der Waals surface area contributed by atoms with Gasteiger partial charge >= 0.3 is 0 Å². The minimum atomic E-state index is -0.429. The average Bonchev–Trinajstić information content (AvgIpc) is 2.91. The second-order valence-electron chi connectivity index (χ2n) is 4.63. The summed E-state index contributed by atoms with van der Waals surface area (Å²) in [4.78, 5) is 0. The lowest BCUT2D eigenvalue weighted by atomic mass is 9.86. The van der Waals surface area contributed by atoms with Crippen molar-refractivity contribution < 1.29 is 14.3 Å². The topological polar surface area (TPSA) is 42.6 Å². The minimum Gasteiger partial charge on any atom is -0.493 e. The smallest absolute Gasteiger partial charge is 0.122 e. The van der Waals surface area contributed by atoms with Crippen LogP contribution in [0.3, 0.4) is 0 Å². The highest BCUT2D eigenvalue weighted by Crippen LogP contribution is 2.36. The van der Waals surface area contributed by atoms with Gasteiger partial charge in [0.25, 0.3) is 0 Å². The van der Waals surface area contributed by atoms with Crippen LogP contribution in [0.4, 0.5) is 0 Å². The van der Waals surface area contributed by atoms with E-state index in [4.69, 9.17) is 9.15 Å². The Morgan fingerprint density at radius 2 is 2.11 bits per heavy atom. The first-order chi connectivity index (χ1) is 8.84. The van der Waals surface area contributed by atoms with Crippen LogP contribution in [0, 0.1) is 0 Å². The summed E-state index contributed by atoms with van der Waals surface area (Å²) in [5.41, 5.74) is 1.10.